The minimum absolute atomic E-state index is 0.0256. The number of Topliss-reactive ketones (excluding diaryl/α,β-unsaturated/α-hetero) is 1. The van der Waals surface area contributed by atoms with Gasteiger partial charge in [0.2, 0.25) is 12.7 Å². The smallest absolute Gasteiger partial charge is 0.277 e. The fourth-order valence-corrected chi connectivity index (χ4v) is 3.20. The Hall–Kier alpha value is -3.27. The zero-order valence-corrected chi connectivity index (χ0v) is 15.8. The summed E-state index contributed by atoms with van der Waals surface area (Å²) < 4.78 is 21.3. The monoisotopic (exact) mass is 401 g/mol. The van der Waals surface area contributed by atoms with E-state index in [-0.39, 0.29) is 29.5 Å². The second-order valence-corrected chi connectivity index (χ2v) is 6.83. The number of nitrogens with one attached hydrogen (secondary N) is 1. The number of benzene rings is 1. The summed E-state index contributed by atoms with van der Waals surface area (Å²) >= 11 is 1.09. The van der Waals surface area contributed by atoms with Gasteiger partial charge in [0.15, 0.2) is 17.3 Å². The number of rotatable bonds is 6. The first-order valence-electron chi connectivity index (χ1n) is 8.26. The maximum atomic E-state index is 12.3. The highest BCUT2D eigenvalue weighted by Gasteiger charge is 2.21. The van der Waals surface area contributed by atoms with Gasteiger partial charge in [0.25, 0.3) is 11.1 Å². The van der Waals surface area contributed by atoms with Crippen molar-refractivity contribution in [1.29, 1.82) is 0 Å². The van der Waals surface area contributed by atoms with Crippen molar-refractivity contribution >= 4 is 29.1 Å². The quantitative estimate of drug-likeness (QED) is 0.490. The van der Waals surface area contributed by atoms with Crippen LogP contribution in [0, 0.1) is 6.92 Å². The molecule has 0 unspecified atom stereocenters. The van der Waals surface area contributed by atoms with Crippen LogP contribution in [0.1, 0.15) is 23.0 Å². The van der Waals surface area contributed by atoms with E-state index in [0.717, 1.165) is 11.8 Å². The molecule has 2 aromatic heterocycles. The third-order valence-corrected chi connectivity index (χ3v) is 4.81. The molecule has 0 saturated heterocycles. The van der Waals surface area contributed by atoms with Crippen LogP contribution < -0.4 is 14.8 Å². The van der Waals surface area contributed by atoms with Gasteiger partial charge in [0, 0.05) is 11.6 Å². The van der Waals surface area contributed by atoms with Crippen molar-refractivity contribution in [2.24, 2.45) is 0 Å². The summed E-state index contributed by atoms with van der Waals surface area (Å²) in [7, 11) is 0. The maximum Gasteiger partial charge on any atom is 0.277 e. The summed E-state index contributed by atoms with van der Waals surface area (Å²) in [6.45, 7) is 3.28. The number of amides is 1. The van der Waals surface area contributed by atoms with Crippen molar-refractivity contribution in [3.63, 3.8) is 0 Å². The topological polar surface area (TPSA) is 117 Å². The Morgan fingerprint density at radius 2 is 2.00 bits per heavy atom. The molecule has 9 nitrogen and oxygen atoms in total. The number of carbonyl (C=O) groups is 2. The van der Waals surface area contributed by atoms with E-state index in [9.17, 15) is 9.59 Å². The number of carbonyl (C=O) groups excluding carboxylic acids is 2. The first-order valence-corrected chi connectivity index (χ1v) is 9.25. The van der Waals surface area contributed by atoms with Crippen LogP contribution in [0.2, 0.25) is 0 Å². The summed E-state index contributed by atoms with van der Waals surface area (Å²) in [4.78, 5) is 24.2. The van der Waals surface area contributed by atoms with Crippen LogP contribution in [0.3, 0.4) is 0 Å². The van der Waals surface area contributed by atoms with Crippen LogP contribution in [0.25, 0.3) is 11.5 Å². The number of anilines is 1. The average Bonchev–Trinajstić information content (AvgIpc) is 3.39. The molecule has 0 aliphatic carbocycles. The molecule has 1 aliphatic heterocycles. The number of furan rings is 1. The lowest BCUT2D eigenvalue weighted by Crippen LogP contribution is -2.16. The molecule has 1 amide bonds. The first-order chi connectivity index (χ1) is 13.5. The summed E-state index contributed by atoms with van der Waals surface area (Å²) in [6, 6.07) is 4.87. The molecule has 1 aromatic carbocycles. The predicted molar refractivity (Wildman–Crippen MR) is 98.7 cm³/mol. The second-order valence-electron chi connectivity index (χ2n) is 5.91. The van der Waals surface area contributed by atoms with Gasteiger partial charge >= 0.3 is 0 Å². The molecule has 1 N–H and O–H groups in total. The zero-order valence-electron chi connectivity index (χ0n) is 15.0. The van der Waals surface area contributed by atoms with E-state index in [2.05, 4.69) is 15.5 Å². The summed E-state index contributed by atoms with van der Waals surface area (Å²) in [5.41, 5.74) is 1.41. The number of aromatic nitrogens is 2. The summed E-state index contributed by atoms with van der Waals surface area (Å²) in [5, 5.41) is 10.8. The Bertz CT molecular complexity index is 1060. The van der Waals surface area contributed by atoms with Gasteiger partial charge in [0.05, 0.1) is 23.3 Å². The van der Waals surface area contributed by atoms with E-state index in [0.29, 0.717) is 40.0 Å². The van der Waals surface area contributed by atoms with Crippen LogP contribution in [-0.2, 0) is 4.79 Å². The summed E-state index contributed by atoms with van der Waals surface area (Å²) in [5.74, 6) is 1.44. The van der Waals surface area contributed by atoms with Crippen LogP contribution in [0.15, 0.2) is 38.5 Å². The van der Waals surface area contributed by atoms with E-state index in [1.165, 1.54) is 13.2 Å². The first kappa shape index (κ1) is 18.1. The molecule has 0 spiro atoms. The molecule has 0 fully saturated rings. The van der Waals surface area contributed by atoms with Gasteiger partial charge in [-0.1, -0.05) is 11.8 Å². The van der Waals surface area contributed by atoms with Crippen LogP contribution in [-0.4, -0.2) is 34.4 Å². The van der Waals surface area contributed by atoms with E-state index >= 15 is 0 Å². The molecule has 0 bridgehead atoms. The lowest BCUT2D eigenvalue weighted by molar-refractivity contribution is -0.113. The number of hydrogen-bond donors (Lipinski definition) is 1. The maximum absolute atomic E-state index is 12.3. The molecule has 3 heterocycles. The van der Waals surface area contributed by atoms with E-state index in [1.54, 1.807) is 25.1 Å². The molecule has 144 valence electrons. The van der Waals surface area contributed by atoms with Gasteiger partial charge < -0.3 is 23.6 Å². The van der Waals surface area contributed by atoms with Crippen molar-refractivity contribution in [3.8, 4) is 23.0 Å². The van der Waals surface area contributed by atoms with Gasteiger partial charge in [-0.3, -0.25) is 9.59 Å². The molecule has 4 rings (SSSR count). The van der Waals surface area contributed by atoms with Gasteiger partial charge in [-0.15, -0.1) is 10.2 Å². The summed E-state index contributed by atoms with van der Waals surface area (Å²) in [6.07, 6.45) is 1.53. The van der Waals surface area contributed by atoms with Crippen molar-refractivity contribution in [3.05, 3.63) is 35.8 Å². The van der Waals surface area contributed by atoms with Crippen molar-refractivity contribution < 1.29 is 27.9 Å². The highest BCUT2D eigenvalue weighted by atomic mass is 32.2. The minimum atomic E-state index is -0.328. The van der Waals surface area contributed by atoms with Crippen LogP contribution in [0.4, 0.5) is 5.69 Å². The number of thioether (sulfide) groups is 1. The number of nitrogens with zero attached hydrogens (tertiary/aromatic N) is 2. The second kappa shape index (κ2) is 7.39. The molecular formula is C18H15N3O6S. The Morgan fingerprint density at radius 3 is 2.71 bits per heavy atom. The lowest BCUT2D eigenvalue weighted by atomic mass is 10.1. The van der Waals surface area contributed by atoms with Crippen molar-refractivity contribution in [2.45, 2.75) is 19.1 Å². The SMILES string of the molecule is CC(=O)c1cc2c(cc1NC(=O)CSc1nnc(-c3ccoc3C)o1)OCO2. The Morgan fingerprint density at radius 1 is 1.21 bits per heavy atom. The Balaban J connectivity index is 1.42. The molecule has 0 saturated carbocycles. The van der Waals surface area contributed by atoms with E-state index in [1.807, 2.05) is 0 Å². The molecule has 3 aromatic rings. The fourth-order valence-electron chi connectivity index (χ4n) is 2.63. The third kappa shape index (κ3) is 3.58. The predicted octanol–water partition coefficient (Wildman–Crippen LogP) is 3.30. The molecule has 0 radical (unpaired) electrons. The molecule has 28 heavy (non-hydrogen) atoms. The number of fused-ring (bicyclic) bond motifs is 1. The number of aryl methyl sites for hydroxylation is 1. The average molecular weight is 401 g/mol. The highest BCUT2D eigenvalue weighted by molar-refractivity contribution is 7.99. The molecule has 1 aliphatic rings. The number of hydrogen-bond acceptors (Lipinski definition) is 9. The molecule has 10 heteroatoms. The highest BCUT2D eigenvalue weighted by Crippen LogP contribution is 2.37. The van der Waals surface area contributed by atoms with E-state index < -0.39 is 0 Å². The van der Waals surface area contributed by atoms with Crippen molar-refractivity contribution in [2.75, 3.05) is 17.9 Å². The molecule has 0 atom stereocenters. The standard InChI is InChI=1S/C18H15N3O6S/c1-9(22)12-5-14-15(26-8-25-14)6-13(12)19-16(23)7-28-18-21-20-17(27-18)11-3-4-24-10(11)2/h3-6H,7-8H2,1-2H3,(H,19,23). The van der Waals surface area contributed by atoms with Crippen LogP contribution >= 0.6 is 11.8 Å². The van der Waals surface area contributed by atoms with Gasteiger partial charge in [-0.2, -0.15) is 0 Å². The Labute approximate surface area is 163 Å². The van der Waals surface area contributed by atoms with Crippen LogP contribution in [0.5, 0.6) is 11.5 Å². The van der Waals surface area contributed by atoms with Gasteiger partial charge in [-0.05, 0) is 26.0 Å². The lowest BCUT2D eigenvalue weighted by Gasteiger charge is -2.10. The van der Waals surface area contributed by atoms with Gasteiger partial charge in [-0.25, -0.2) is 0 Å². The van der Waals surface area contributed by atoms with Gasteiger partial charge in [0.1, 0.15) is 5.76 Å². The molecular weight excluding hydrogens is 386 g/mol. The largest absolute Gasteiger partial charge is 0.469 e. The minimum Gasteiger partial charge on any atom is -0.469 e. The fraction of sp³-hybridized carbons (Fsp3) is 0.222. The van der Waals surface area contributed by atoms with E-state index in [4.69, 9.17) is 18.3 Å². The number of ether oxygens (including phenoxy) is 2. The van der Waals surface area contributed by atoms with Crippen molar-refractivity contribution in [1.82, 2.24) is 10.2 Å². The normalized spacial score (nSPS) is 12.2. The Kier molecular flexibility index (Phi) is 4.78. The zero-order chi connectivity index (χ0) is 19.7. The third-order valence-electron chi connectivity index (χ3n) is 3.99. The number of ketones is 1.